The zero-order valence-electron chi connectivity index (χ0n) is 22.7. The maximum Gasteiger partial charge on any atom is 0.256 e. The van der Waals surface area contributed by atoms with Gasteiger partial charge in [0.25, 0.3) is 17.4 Å². The van der Waals surface area contributed by atoms with Gasteiger partial charge in [-0.25, -0.2) is 0 Å². The Labute approximate surface area is 235 Å². The first-order valence-electron chi connectivity index (χ1n) is 13.0. The Morgan fingerprint density at radius 3 is 1.82 bits per heavy atom. The quantitative estimate of drug-likeness (QED) is 0.248. The number of hydrogen-bond acceptors (Lipinski definition) is 6. The van der Waals surface area contributed by atoms with Crippen molar-refractivity contribution in [3.63, 3.8) is 0 Å². The predicted octanol–water partition coefficient (Wildman–Crippen LogP) is 6.99. The molecule has 0 saturated heterocycles. The van der Waals surface area contributed by atoms with Gasteiger partial charge in [0.1, 0.15) is 0 Å². The highest BCUT2D eigenvalue weighted by atomic mass is 32.1. The standard InChI is InChI=1S/C10H13NOS.C10H11NOS.C9H11NOS/c2*1-6(2)9-5-7-8(13-9)3-4-11-10(7)12;1-5(2)7-3-6-8(12-7)4-10-9(6)11/h5-6H,3-4H2,1-2H3,(H,11,12);3-6H,1-2H3,(H,11,12);3,5H,4H2,1-2H3,(H,10,11). The van der Waals surface area contributed by atoms with E-state index in [1.807, 2.05) is 24.3 Å². The number of fused-ring (bicyclic) bond motifs is 3. The molecule has 0 aliphatic carbocycles. The molecule has 0 aromatic carbocycles. The summed E-state index contributed by atoms with van der Waals surface area (Å²) >= 11 is 5.24. The fraction of sp³-hybridized carbons (Fsp3) is 0.414. The number of H-pyrrole nitrogens is 1. The molecule has 0 unspecified atom stereocenters. The van der Waals surface area contributed by atoms with E-state index in [0.29, 0.717) is 17.8 Å². The molecule has 4 aromatic rings. The van der Waals surface area contributed by atoms with Crippen molar-refractivity contribution in [3.8, 4) is 0 Å². The molecule has 0 fully saturated rings. The SMILES string of the molecule is CC(C)c1cc2c(=O)[nH]ccc2s1.CC(C)c1cc2c(s1)CCNC2=O.CC(C)c1cc2c(s1)CNC2=O. The molecule has 6 heterocycles. The van der Waals surface area contributed by atoms with Crippen molar-refractivity contribution < 1.29 is 9.59 Å². The number of aromatic amines is 1. The van der Waals surface area contributed by atoms with E-state index in [-0.39, 0.29) is 17.4 Å². The van der Waals surface area contributed by atoms with Gasteiger partial charge in [-0.05, 0) is 48.4 Å². The molecule has 0 atom stereocenters. The minimum atomic E-state index is 0.0145. The monoisotopic (exact) mass is 569 g/mol. The Balaban J connectivity index is 0.000000133. The first-order valence-corrected chi connectivity index (χ1v) is 15.4. The van der Waals surface area contributed by atoms with Gasteiger partial charge in [-0.15, -0.1) is 34.0 Å². The van der Waals surface area contributed by atoms with E-state index in [9.17, 15) is 14.4 Å². The molecule has 0 spiro atoms. The fourth-order valence-electron chi connectivity index (χ4n) is 4.09. The lowest BCUT2D eigenvalue weighted by atomic mass is 10.1. The van der Waals surface area contributed by atoms with E-state index in [1.165, 1.54) is 24.4 Å². The minimum absolute atomic E-state index is 0.0145. The van der Waals surface area contributed by atoms with Crippen LogP contribution in [0.15, 0.2) is 35.3 Å². The van der Waals surface area contributed by atoms with Gasteiger partial charge >= 0.3 is 0 Å². The number of hydrogen-bond donors (Lipinski definition) is 3. The summed E-state index contributed by atoms with van der Waals surface area (Å²) in [6.07, 6.45) is 2.70. The Kier molecular flexibility index (Phi) is 8.90. The Morgan fingerprint density at radius 2 is 1.26 bits per heavy atom. The van der Waals surface area contributed by atoms with Crippen LogP contribution >= 0.6 is 34.0 Å². The third-order valence-electron chi connectivity index (χ3n) is 6.37. The van der Waals surface area contributed by atoms with Crippen molar-refractivity contribution in [1.29, 1.82) is 0 Å². The van der Waals surface area contributed by atoms with E-state index in [0.717, 1.165) is 40.7 Å². The van der Waals surface area contributed by atoms with Crippen LogP contribution in [0.1, 0.15) is 104 Å². The summed E-state index contributed by atoms with van der Waals surface area (Å²) in [7, 11) is 0. The predicted molar refractivity (Wildman–Crippen MR) is 161 cm³/mol. The number of nitrogens with one attached hydrogen (secondary N) is 3. The molecule has 6 nitrogen and oxygen atoms in total. The minimum Gasteiger partial charge on any atom is -0.352 e. The number of carbonyl (C=O) groups excluding carboxylic acids is 2. The summed E-state index contributed by atoms with van der Waals surface area (Å²) in [6, 6.07) is 8.00. The molecule has 3 N–H and O–H groups in total. The van der Waals surface area contributed by atoms with E-state index < -0.39 is 0 Å². The van der Waals surface area contributed by atoms with Crippen molar-refractivity contribution in [1.82, 2.24) is 15.6 Å². The number of aromatic nitrogens is 1. The average molecular weight is 570 g/mol. The van der Waals surface area contributed by atoms with E-state index in [1.54, 1.807) is 40.2 Å². The maximum absolute atomic E-state index is 11.4. The second kappa shape index (κ2) is 12.0. The highest BCUT2D eigenvalue weighted by Crippen LogP contribution is 2.32. The van der Waals surface area contributed by atoms with Gasteiger partial charge in [0.2, 0.25) is 0 Å². The van der Waals surface area contributed by atoms with Crippen LogP contribution in [0.5, 0.6) is 0 Å². The van der Waals surface area contributed by atoms with Crippen LogP contribution in [-0.4, -0.2) is 23.3 Å². The topological polar surface area (TPSA) is 91.1 Å². The van der Waals surface area contributed by atoms with Gasteiger partial charge in [0.15, 0.2) is 0 Å². The average Bonchev–Trinajstić information content (AvgIpc) is 3.64. The van der Waals surface area contributed by atoms with Crippen molar-refractivity contribution in [2.75, 3.05) is 6.54 Å². The summed E-state index contributed by atoms with van der Waals surface area (Å²) in [4.78, 5) is 43.0. The van der Waals surface area contributed by atoms with E-state index in [4.69, 9.17) is 0 Å². The third-order valence-corrected chi connectivity index (χ3v) is 10.7. The summed E-state index contributed by atoms with van der Waals surface area (Å²) in [5, 5.41) is 6.48. The second-order valence-corrected chi connectivity index (χ2v) is 13.8. The Bertz CT molecular complexity index is 1500. The molecule has 202 valence electrons. The van der Waals surface area contributed by atoms with Crippen LogP contribution < -0.4 is 16.2 Å². The van der Waals surface area contributed by atoms with Crippen LogP contribution in [0.2, 0.25) is 0 Å². The van der Waals surface area contributed by atoms with Crippen LogP contribution in [0.3, 0.4) is 0 Å². The maximum atomic E-state index is 11.4. The highest BCUT2D eigenvalue weighted by molar-refractivity contribution is 7.19. The van der Waals surface area contributed by atoms with Crippen molar-refractivity contribution >= 4 is 55.9 Å². The summed E-state index contributed by atoms with van der Waals surface area (Å²) < 4.78 is 1.08. The molecular formula is C29H35N3O3S3. The van der Waals surface area contributed by atoms with Gasteiger partial charge in [-0.2, -0.15) is 0 Å². The molecule has 0 bridgehead atoms. The van der Waals surface area contributed by atoms with Crippen molar-refractivity contribution in [3.05, 3.63) is 76.3 Å². The van der Waals surface area contributed by atoms with Gasteiger partial charge < -0.3 is 15.6 Å². The number of pyridine rings is 1. The second-order valence-electron chi connectivity index (χ2n) is 10.4. The van der Waals surface area contributed by atoms with Crippen LogP contribution in [0, 0.1) is 0 Å². The molecule has 4 aromatic heterocycles. The number of carbonyl (C=O) groups is 2. The first-order chi connectivity index (χ1) is 18.0. The zero-order valence-corrected chi connectivity index (χ0v) is 25.1. The fourth-order valence-corrected chi connectivity index (χ4v) is 7.42. The molecule has 6 rings (SSSR count). The lowest BCUT2D eigenvalue weighted by Gasteiger charge is -2.10. The third kappa shape index (κ3) is 6.27. The van der Waals surface area contributed by atoms with Crippen LogP contribution in [-0.2, 0) is 13.0 Å². The van der Waals surface area contributed by atoms with Crippen LogP contribution in [0.4, 0.5) is 0 Å². The Morgan fingerprint density at radius 1 is 0.711 bits per heavy atom. The number of rotatable bonds is 3. The molecule has 38 heavy (non-hydrogen) atoms. The zero-order chi connectivity index (χ0) is 27.6. The number of thiophene rings is 3. The van der Waals surface area contributed by atoms with Gasteiger partial charge in [-0.3, -0.25) is 14.4 Å². The summed E-state index contributed by atoms with van der Waals surface area (Å²) in [6.45, 7) is 14.4. The van der Waals surface area contributed by atoms with Gasteiger partial charge in [-0.1, -0.05) is 41.5 Å². The molecule has 2 amide bonds. The van der Waals surface area contributed by atoms with Gasteiger partial charge in [0.05, 0.1) is 23.1 Å². The molecule has 0 radical (unpaired) electrons. The lowest BCUT2D eigenvalue weighted by molar-refractivity contribution is 0.0944. The van der Waals surface area contributed by atoms with Crippen molar-refractivity contribution in [2.45, 2.75) is 72.3 Å². The van der Waals surface area contributed by atoms with Crippen LogP contribution in [0.25, 0.3) is 10.1 Å². The smallest absolute Gasteiger partial charge is 0.256 e. The number of amides is 2. The summed E-state index contributed by atoms with van der Waals surface area (Å²) in [5.41, 5.74) is 1.81. The first kappa shape index (κ1) is 28.3. The normalized spacial score (nSPS) is 14.0. The van der Waals surface area contributed by atoms with Gasteiger partial charge in [0, 0.05) is 41.8 Å². The summed E-state index contributed by atoms with van der Waals surface area (Å²) in [5.74, 6) is 1.76. The largest absolute Gasteiger partial charge is 0.352 e. The van der Waals surface area contributed by atoms with Crippen molar-refractivity contribution in [2.24, 2.45) is 0 Å². The molecule has 2 aliphatic rings. The Hall–Kier alpha value is -2.75. The highest BCUT2D eigenvalue weighted by Gasteiger charge is 2.23. The molecule has 9 heteroatoms. The molecular weight excluding hydrogens is 535 g/mol. The molecule has 2 aliphatic heterocycles. The lowest BCUT2D eigenvalue weighted by Crippen LogP contribution is -2.30. The molecule has 0 saturated carbocycles. The van der Waals surface area contributed by atoms with E-state index >= 15 is 0 Å². The van der Waals surface area contributed by atoms with E-state index in [2.05, 4.69) is 57.2 Å².